The number of fused-ring (bicyclic) bond motifs is 1. The Morgan fingerprint density at radius 1 is 0.867 bits per heavy atom. The number of nitrogens with one attached hydrogen (secondary N) is 2. The van der Waals surface area contributed by atoms with E-state index in [1.165, 1.54) is 0 Å². The molecule has 4 N–H and O–H groups in total. The largest absolute Gasteiger partial charge is 0.368 e. The summed E-state index contributed by atoms with van der Waals surface area (Å²) < 4.78 is 0. The first-order chi connectivity index (χ1) is 14.4. The van der Waals surface area contributed by atoms with E-state index in [2.05, 4.69) is 10.6 Å². The van der Waals surface area contributed by atoms with Gasteiger partial charge in [0.2, 0.25) is 11.8 Å². The van der Waals surface area contributed by atoms with E-state index < -0.39 is 23.6 Å². The van der Waals surface area contributed by atoms with Crippen molar-refractivity contribution in [3.63, 3.8) is 0 Å². The van der Waals surface area contributed by atoms with Crippen LogP contribution in [0.25, 0.3) is 0 Å². The van der Waals surface area contributed by atoms with Gasteiger partial charge in [0.15, 0.2) is 0 Å². The highest BCUT2D eigenvalue weighted by Gasteiger charge is 2.34. The lowest BCUT2D eigenvalue weighted by Gasteiger charge is -2.13. The molecule has 0 spiro atoms. The Balaban J connectivity index is 1.46. The Bertz CT molecular complexity index is 981. The molecule has 0 aromatic heterocycles. The molecular formula is C21H20N4O5. The molecule has 9 heteroatoms. The number of hydrogen-bond donors (Lipinski definition) is 3. The van der Waals surface area contributed by atoms with Gasteiger partial charge in [0, 0.05) is 25.1 Å². The van der Waals surface area contributed by atoms with Crippen molar-refractivity contribution in [3.05, 3.63) is 70.8 Å². The molecule has 0 saturated heterocycles. The number of benzene rings is 2. The van der Waals surface area contributed by atoms with Crippen molar-refractivity contribution in [1.82, 2.24) is 15.5 Å². The maximum atomic E-state index is 12.3. The average Bonchev–Trinajstić information content (AvgIpc) is 2.99. The fourth-order valence-corrected chi connectivity index (χ4v) is 2.99. The van der Waals surface area contributed by atoms with E-state index in [1.54, 1.807) is 48.5 Å². The number of nitrogens with two attached hydrogens (primary N) is 1. The summed E-state index contributed by atoms with van der Waals surface area (Å²) in [4.78, 5) is 60.3. The Morgan fingerprint density at radius 3 is 2.03 bits per heavy atom. The summed E-state index contributed by atoms with van der Waals surface area (Å²) in [7, 11) is 0. The predicted octanol–water partition coefficient (Wildman–Crippen LogP) is 0.204. The van der Waals surface area contributed by atoms with E-state index in [0.717, 1.165) is 10.5 Å². The maximum absolute atomic E-state index is 12.3. The van der Waals surface area contributed by atoms with Gasteiger partial charge in [-0.05, 0) is 29.8 Å². The van der Waals surface area contributed by atoms with Gasteiger partial charge in [0.25, 0.3) is 17.7 Å². The summed E-state index contributed by atoms with van der Waals surface area (Å²) in [5.41, 5.74) is 6.80. The van der Waals surface area contributed by atoms with Crippen LogP contribution in [0.2, 0.25) is 0 Å². The van der Waals surface area contributed by atoms with Crippen molar-refractivity contribution in [1.29, 1.82) is 0 Å². The SMILES string of the molecule is NC(=O)CNC(=O)c1ccc(CNC(=O)CCN2C(=O)c3ccccc3C2=O)cc1. The Labute approximate surface area is 172 Å². The zero-order chi connectivity index (χ0) is 21.7. The number of imide groups is 1. The van der Waals surface area contributed by atoms with Crippen LogP contribution in [0.5, 0.6) is 0 Å². The van der Waals surface area contributed by atoms with E-state index in [4.69, 9.17) is 5.73 Å². The van der Waals surface area contributed by atoms with Crippen molar-refractivity contribution in [2.45, 2.75) is 13.0 Å². The average molecular weight is 408 g/mol. The van der Waals surface area contributed by atoms with Crippen LogP contribution in [0.1, 0.15) is 43.1 Å². The third-order valence-corrected chi connectivity index (χ3v) is 4.57. The number of rotatable bonds is 8. The molecule has 1 aliphatic rings. The second kappa shape index (κ2) is 8.99. The van der Waals surface area contributed by atoms with E-state index in [0.29, 0.717) is 16.7 Å². The van der Waals surface area contributed by atoms with E-state index >= 15 is 0 Å². The molecule has 2 aromatic rings. The maximum Gasteiger partial charge on any atom is 0.261 e. The lowest BCUT2D eigenvalue weighted by Crippen LogP contribution is -2.34. The minimum Gasteiger partial charge on any atom is -0.368 e. The molecule has 0 bridgehead atoms. The number of amides is 5. The summed E-state index contributed by atoms with van der Waals surface area (Å²) in [6.45, 7) is -0.0228. The highest BCUT2D eigenvalue weighted by atomic mass is 16.2. The Hall–Kier alpha value is -4.01. The van der Waals surface area contributed by atoms with Gasteiger partial charge in [-0.15, -0.1) is 0 Å². The van der Waals surface area contributed by atoms with Gasteiger partial charge in [-0.2, -0.15) is 0 Å². The van der Waals surface area contributed by atoms with Crippen molar-refractivity contribution in [2.75, 3.05) is 13.1 Å². The summed E-state index contributed by atoms with van der Waals surface area (Å²) in [5.74, 6) is -2.16. The zero-order valence-corrected chi connectivity index (χ0v) is 16.0. The molecule has 3 rings (SSSR count). The molecule has 5 amide bonds. The second-order valence-electron chi connectivity index (χ2n) is 6.68. The van der Waals surface area contributed by atoms with Crippen LogP contribution < -0.4 is 16.4 Å². The Morgan fingerprint density at radius 2 is 1.47 bits per heavy atom. The van der Waals surface area contributed by atoms with Gasteiger partial charge < -0.3 is 16.4 Å². The first kappa shape index (κ1) is 20.7. The predicted molar refractivity (Wildman–Crippen MR) is 106 cm³/mol. The highest BCUT2D eigenvalue weighted by Crippen LogP contribution is 2.22. The molecule has 9 nitrogen and oxygen atoms in total. The third-order valence-electron chi connectivity index (χ3n) is 4.57. The normalized spacial score (nSPS) is 12.5. The van der Waals surface area contributed by atoms with Gasteiger partial charge in [0.1, 0.15) is 0 Å². The lowest BCUT2D eigenvalue weighted by molar-refractivity contribution is -0.121. The minimum atomic E-state index is -0.635. The molecular weight excluding hydrogens is 388 g/mol. The van der Waals surface area contributed by atoms with Gasteiger partial charge in [-0.25, -0.2) is 0 Å². The second-order valence-corrected chi connectivity index (χ2v) is 6.68. The number of carbonyl (C=O) groups excluding carboxylic acids is 5. The summed E-state index contributed by atoms with van der Waals surface area (Å²) >= 11 is 0. The van der Waals surface area contributed by atoms with Crippen molar-refractivity contribution < 1.29 is 24.0 Å². The third kappa shape index (κ3) is 4.69. The lowest BCUT2D eigenvalue weighted by atomic mass is 10.1. The van der Waals surface area contributed by atoms with Crippen molar-refractivity contribution in [2.24, 2.45) is 5.73 Å². The summed E-state index contributed by atoms with van der Waals surface area (Å²) in [6, 6.07) is 13.0. The minimum absolute atomic E-state index is 0.00283. The fourth-order valence-electron chi connectivity index (χ4n) is 2.99. The molecule has 0 atom stereocenters. The molecule has 2 aromatic carbocycles. The number of hydrogen-bond acceptors (Lipinski definition) is 5. The van der Waals surface area contributed by atoms with E-state index in [9.17, 15) is 24.0 Å². The standard InChI is InChI=1S/C21H20N4O5/c22-17(26)12-24-19(28)14-7-5-13(6-8-14)11-23-18(27)9-10-25-20(29)15-3-1-2-4-16(15)21(25)30/h1-8H,9-12H2,(H2,22,26)(H,23,27)(H,24,28). The van der Waals surface area contributed by atoms with Crippen LogP contribution in [-0.2, 0) is 16.1 Å². The van der Waals surface area contributed by atoms with Gasteiger partial charge >= 0.3 is 0 Å². The fraction of sp³-hybridized carbons (Fsp3) is 0.190. The van der Waals surface area contributed by atoms with Crippen LogP contribution in [0.15, 0.2) is 48.5 Å². The van der Waals surface area contributed by atoms with Crippen LogP contribution in [0.3, 0.4) is 0 Å². The molecule has 30 heavy (non-hydrogen) atoms. The van der Waals surface area contributed by atoms with Crippen LogP contribution in [0.4, 0.5) is 0 Å². The monoisotopic (exact) mass is 408 g/mol. The molecule has 1 aliphatic heterocycles. The van der Waals surface area contributed by atoms with Gasteiger partial charge in [-0.1, -0.05) is 24.3 Å². The van der Waals surface area contributed by atoms with Crippen molar-refractivity contribution in [3.8, 4) is 0 Å². The quantitative estimate of drug-likeness (QED) is 0.536. The first-order valence-electron chi connectivity index (χ1n) is 9.24. The van der Waals surface area contributed by atoms with Gasteiger partial charge in [0.05, 0.1) is 17.7 Å². The molecule has 1 heterocycles. The smallest absolute Gasteiger partial charge is 0.261 e. The molecule has 0 unspecified atom stereocenters. The molecule has 0 saturated carbocycles. The first-order valence-corrected chi connectivity index (χ1v) is 9.24. The number of nitrogens with zero attached hydrogens (tertiary/aromatic N) is 1. The number of carbonyl (C=O) groups is 5. The molecule has 154 valence electrons. The topological polar surface area (TPSA) is 139 Å². The summed E-state index contributed by atoms with van der Waals surface area (Å²) in [5, 5.41) is 5.09. The van der Waals surface area contributed by atoms with Crippen LogP contribution in [-0.4, -0.2) is 47.5 Å². The number of primary amides is 1. The molecule has 0 radical (unpaired) electrons. The molecule has 0 fully saturated rings. The zero-order valence-electron chi connectivity index (χ0n) is 16.0. The van der Waals surface area contributed by atoms with Crippen molar-refractivity contribution >= 4 is 29.5 Å². The molecule has 0 aliphatic carbocycles. The summed E-state index contributed by atoms with van der Waals surface area (Å²) in [6.07, 6.45) is -0.0148. The van der Waals surface area contributed by atoms with Gasteiger partial charge in [-0.3, -0.25) is 28.9 Å². The Kier molecular flexibility index (Phi) is 6.21. The van der Waals surface area contributed by atoms with Crippen LogP contribution >= 0.6 is 0 Å². The van der Waals surface area contributed by atoms with E-state index in [-0.39, 0.29) is 32.0 Å². The highest BCUT2D eigenvalue weighted by molar-refractivity contribution is 6.21. The van der Waals surface area contributed by atoms with E-state index in [1.807, 2.05) is 0 Å². The van der Waals surface area contributed by atoms with Crippen LogP contribution in [0, 0.1) is 0 Å².